The van der Waals surface area contributed by atoms with Gasteiger partial charge in [0, 0.05) is 6.42 Å². The fraction of sp³-hybridized carbons (Fsp3) is 0.412. The van der Waals surface area contributed by atoms with E-state index < -0.39 is 0 Å². The van der Waals surface area contributed by atoms with Crippen molar-refractivity contribution >= 4 is 5.57 Å². The molecule has 94 valence electrons. The minimum atomic E-state index is -0.307. The highest BCUT2D eigenvalue weighted by Gasteiger charge is 2.30. The van der Waals surface area contributed by atoms with Gasteiger partial charge in [-0.15, -0.1) is 6.58 Å². The summed E-state index contributed by atoms with van der Waals surface area (Å²) in [6.07, 6.45) is 7.38. The zero-order valence-electron chi connectivity index (χ0n) is 10.7. The minimum Gasteiger partial charge on any atom is -0.388 e. The summed E-state index contributed by atoms with van der Waals surface area (Å²) in [7, 11) is 0. The summed E-state index contributed by atoms with van der Waals surface area (Å²) in [5, 5.41) is 10.4. The fourth-order valence-electron chi connectivity index (χ4n) is 3.47. The van der Waals surface area contributed by atoms with Crippen LogP contribution in [0.2, 0.25) is 0 Å². The first kappa shape index (κ1) is 11.7. The number of aliphatic hydroxyl groups excluding tert-OH is 1. The molecule has 2 unspecified atom stereocenters. The van der Waals surface area contributed by atoms with Crippen LogP contribution in [0.15, 0.2) is 42.5 Å². The van der Waals surface area contributed by atoms with Crippen molar-refractivity contribution in [3.05, 3.63) is 53.6 Å². The van der Waals surface area contributed by atoms with Gasteiger partial charge in [-0.05, 0) is 41.9 Å². The molecule has 1 heteroatoms. The van der Waals surface area contributed by atoms with Gasteiger partial charge in [-0.1, -0.05) is 42.3 Å². The Bertz CT molecular complexity index is 498. The third-order valence-electron chi connectivity index (χ3n) is 4.34. The Balaban J connectivity index is 2.11. The van der Waals surface area contributed by atoms with Crippen molar-refractivity contribution in [1.82, 2.24) is 0 Å². The predicted molar refractivity (Wildman–Crippen MR) is 75.2 cm³/mol. The van der Waals surface area contributed by atoms with Gasteiger partial charge in [0.05, 0.1) is 6.10 Å². The van der Waals surface area contributed by atoms with Crippen LogP contribution in [0.1, 0.15) is 36.8 Å². The maximum atomic E-state index is 10.4. The quantitative estimate of drug-likeness (QED) is 0.741. The lowest BCUT2D eigenvalue weighted by atomic mass is 9.80. The summed E-state index contributed by atoms with van der Waals surface area (Å²) in [5.41, 5.74) is 5.21. The molecule has 0 aromatic heterocycles. The van der Waals surface area contributed by atoms with Crippen molar-refractivity contribution in [2.75, 3.05) is 0 Å². The van der Waals surface area contributed by atoms with Crippen LogP contribution in [0.4, 0.5) is 0 Å². The minimum absolute atomic E-state index is 0.307. The van der Waals surface area contributed by atoms with E-state index in [4.69, 9.17) is 0 Å². The van der Waals surface area contributed by atoms with Crippen LogP contribution in [0.25, 0.3) is 5.57 Å². The molecule has 2 aliphatic carbocycles. The third-order valence-corrected chi connectivity index (χ3v) is 4.34. The van der Waals surface area contributed by atoms with Gasteiger partial charge >= 0.3 is 0 Å². The van der Waals surface area contributed by atoms with Crippen molar-refractivity contribution in [3.8, 4) is 0 Å². The number of allylic oxidation sites excluding steroid dienone is 2. The summed E-state index contributed by atoms with van der Waals surface area (Å²) >= 11 is 0. The Morgan fingerprint density at radius 3 is 2.89 bits per heavy atom. The average molecular weight is 240 g/mol. The van der Waals surface area contributed by atoms with Crippen LogP contribution in [0.3, 0.4) is 0 Å². The molecule has 0 amide bonds. The van der Waals surface area contributed by atoms with Crippen molar-refractivity contribution in [2.45, 2.75) is 38.2 Å². The van der Waals surface area contributed by atoms with E-state index in [1.165, 1.54) is 41.5 Å². The molecular formula is C17H20O. The SMILES string of the molecule is C=CC1CCCC/C1=C1\c2ccccc2CC1O. The molecule has 18 heavy (non-hydrogen) atoms. The first-order valence-corrected chi connectivity index (χ1v) is 6.93. The maximum absolute atomic E-state index is 10.4. The zero-order valence-corrected chi connectivity index (χ0v) is 10.7. The third kappa shape index (κ3) is 1.83. The molecule has 1 aromatic carbocycles. The monoisotopic (exact) mass is 240 g/mol. The van der Waals surface area contributed by atoms with Crippen LogP contribution in [0, 0.1) is 5.92 Å². The lowest BCUT2D eigenvalue weighted by Crippen LogP contribution is -2.14. The second-order valence-corrected chi connectivity index (χ2v) is 5.40. The van der Waals surface area contributed by atoms with Crippen LogP contribution < -0.4 is 0 Å². The standard InChI is InChI=1S/C17H20O/c1-2-12-7-3-5-9-14(12)17-15-10-6-4-8-13(15)11-16(17)18/h2,4,6,8,10,12,16,18H,1,3,5,7,9,11H2/b17-14-. The molecule has 0 radical (unpaired) electrons. The molecule has 0 spiro atoms. The molecule has 1 aromatic rings. The molecule has 1 nitrogen and oxygen atoms in total. The number of benzene rings is 1. The van der Waals surface area contributed by atoms with Gasteiger partial charge < -0.3 is 5.11 Å². The van der Waals surface area contributed by atoms with Crippen molar-refractivity contribution in [1.29, 1.82) is 0 Å². The number of hydrogen-bond donors (Lipinski definition) is 1. The highest BCUT2D eigenvalue weighted by Crippen LogP contribution is 2.42. The molecule has 2 aliphatic rings. The van der Waals surface area contributed by atoms with E-state index in [9.17, 15) is 5.11 Å². The highest BCUT2D eigenvalue weighted by atomic mass is 16.3. The molecule has 1 fully saturated rings. The topological polar surface area (TPSA) is 20.2 Å². The molecule has 0 saturated heterocycles. The fourth-order valence-corrected chi connectivity index (χ4v) is 3.47. The highest BCUT2D eigenvalue weighted by molar-refractivity contribution is 5.78. The Morgan fingerprint density at radius 1 is 1.22 bits per heavy atom. The van der Waals surface area contributed by atoms with Crippen LogP contribution in [0.5, 0.6) is 0 Å². The van der Waals surface area contributed by atoms with Gasteiger partial charge in [0.1, 0.15) is 0 Å². The Kier molecular flexibility index (Phi) is 3.09. The van der Waals surface area contributed by atoms with E-state index in [1.807, 2.05) is 0 Å². The number of fused-ring (bicyclic) bond motifs is 1. The zero-order chi connectivity index (χ0) is 12.5. The smallest absolute Gasteiger partial charge is 0.0836 e. The molecule has 2 atom stereocenters. The first-order chi connectivity index (χ1) is 8.81. The molecule has 1 saturated carbocycles. The second-order valence-electron chi connectivity index (χ2n) is 5.40. The molecule has 0 heterocycles. The molecule has 0 aliphatic heterocycles. The summed E-state index contributed by atoms with van der Waals surface area (Å²) in [5.74, 6) is 0.467. The summed E-state index contributed by atoms with van der Waals surface area (Å²) in [6.45, 7) is 3.97. The summed E-state index contributed by atoms with van der Waals surface area (Å²) in [4.78, 5) is 0. The van der Waals surface area contributed by atoms with E-state index in [0.717, 1.165) is 12.8 Å². The van der Waals surface area contributed by atoms with E-state index in [2.05, 4.69) is 36.9 Å². The van der Waals surface area contributed by atoms with E-state index >= 15 is 0 Å². The average Bonchev–Trinajstić information content (AvgIpc) is 2.74. The second kappa shape index (κ2) is 4.74. The van der Waals surface area contributed by atoms with Crippen molar-refractivity contribution in [3.63, 3.8) is 0 Å². The lowest BCUT2D eigenvalue weighted by molar-refractivity contribution is 0.237. The summed E-state index contributed by atoms with van der Waals surface area (Å²) < 4.78 is 0. The van der Waals surface area contributed by atoms with E-state index in [0.29, 0.717) is 5.92 Å². The predicted octanol–water partition coefficient (Wildman–Crippen LogP) is 3.73. The van der Waals surface area contributed by atoms with Gasteiger partial charge in [-0.25, -0.2) is 0 Å². The Hall–Kier alpha value is -1.34. The molecule has 3 rings (SSSR count). The van der Waals surface area contributed by atoms with Crippen LogP contribution in [-0.4, -0.2) is 11.2 Å². The largest absolute Gasteiger partial charge is 0.388 e. The van der Waals surface area contributed by atoms with Crippen molar-refractivity contribution < 1.29 is 5.11 Å². The van der Waals surface area contributed by atoms with Crippen LogP contribution in [-0.2, 0) is 6.42 Å². The number of aliphatic hydroxyl groups is 1. The molecule has 0 bridgehead atoms. The molecule has 1 N–H and O–H groups in total. The van der Waals surface area contributed by atoms with Crippen LogP contribution >= 0.6 is 0 Å². The maximum Gasteiger partial charge on any atom is 0.0836 e. The van der Waals surface area contributed by atoms with Gasteiger partial charge in [0.25, 0.3) is 0 Å². The van der Waals surface area contributed by atoms with Crippen molar-refractivity contribution in [2.24, 2.45) is 5.92 Å². The van der Waals surface area contributed by atoms with Gasteiger partial charge in [-0.2, -0.15) is 0 Å². The molecular weight excluding hydrogens is 220 g/mol. The van der Waals surface area contributed by atoms with Gasteiger partial charge in [0.15, 0.2) is 0 Å². The van der Waals surface area contributed by atoms with E-state index in [1.54, 1.807) is 0 Å². The van der Waals surface area contributed by atoms with Gasteiger partial charge in [0.2, 0.25) is 0 Å². The number of hydrogen-bond acceptors (Lipinski definition) is 1. The van der Waals surface area contributed by atoms with E-state index in [-0.39, 0.29) is 6.10 Å². The number of rotatable bonds is 1. The normalized spacial score (nSPS) is 31.2. The van der Waals surface area contributed by atoms with Gasteiger partial charge in [-0.3, -0.25) is 0 Å². The lowest BCUT2D eigenvalue weighted by Gasteiger charge is -2.26. The first-order valence-electron chi connectivity index (χ1n) is 6.93. The summed E-state index contributed by atoms with van der Waals surface area (Å²) in [6, 6.07) is 8.43. The Morgan fingerprint density at radius 2 is 2.06 bits per heavy atom. The Labute approximate surface area is 109 Å².